The lowest BCUT2D eigenvalue weighted by Crippen LogP contribution is -2.50. The topological polar surface area (TPSA) is 61.0 Å². The Hall–Kier alpha value is -1.36. The first-order valence-electron chi connectivity index (χ1n) is 8.24. The number of aromatic amines is 1. The summed E-state index contributed by atoms with van der Waals surface area (Å²) in [5.41, 5.74) is 2.46. The number of piperidine rings is 1. The number of nitrogens with one attached hydrogen (secondary N) is 2. The van der Waals surface area contributed by atoms with Crippen LogP contribution in [0.1, 0.15) is 43.4 Å². The minimum Gasteiger partial charge on any atom is -0.342 e. The smallest absolute Gasteiger partial charge is 0.226 e. The van der Waals surface area contributed by atoms with E-state index in [1.807, 2.05) is 13.2 Å². The summed E-state index contributed by atoms with van der Waals surface area (Å²) in [5, 5.41) is 10.8. The van der Waals surface area contributed by atoms with Crippen LogP contribution in [0.15, 0.2) is 6.20 Å². The molecule has 1 aliphatic carbocycles. The summed E-state index contributed by atoms with van der Waals surface area (Å²) >= 11 is 0. The minimum atomic E-state index is 0.135. The van der Waals surface area contributed by atoms with E-state index in [0.717, 1.165) is 32.1 Å². The molecule has 3 heterocycles. The zero-order chi connectivity index (χ0) is 14.4. The van der Waals surface area contributed by atoms with E-state index < -0.39 is 0 Å². The van der Waals surface area contributed by atoms with E-state index in [9.17, 15) is 4.79 Å². The number of aryl methyl sites for hydroxylation is 1. The van der Waals surface area contributed by atoms with Crippen molar-refractivity contribution >= 4 is 5.91 Å². The van der Waals surface area contributed by atoms with Gasteiger partial charge in [0.1, 0.15) is 0 Å². The number of H-pyrrole nitrogens is 1. The van der Waals surface area contributed by atoms with Crippen molar-refractivity contribution in [1.82, 2.24) is 20.4 Å². The second-order valence-electron chi connectivity index (χ2n) is 7.03. The highest BCUT2D eigenvalue weighted by atomic mass is 16.2. The Kier molecular flexibility index (Phi) is 3.25. The van der Waals surface area contributed by atoms with Crippen LogP contribution in [0, 0.1) is 5.92 Å². The van der Waals surface area contributed by atoms with Crippen LogP contribution < -0.4 is 5.32 Å². The third kappa shape index (κ3) is 2.37. The first kappa shape index (κ1) is 13.3. The molecule has 1 aromatic heterocycles. The van der Waals surface area contributed by atoms with Gasteiger partial charge in [-0.25, -0.2) is 0 Å². The molecule has 2 fully saturated rings. The summed E-state index contributed by atoms with van der Waals surface area (Å²) in [6.45, 7) is 0. The van der Waals surface area contributed by atoms with E-state index in [-0.39, 0.29) is 5.92 Å². The maximum absolute atomic E-state index is 12.8. The molecule has 114 valence electrons. The molecule has 1 aromatic rings. The lowest BCUT2D eigenvalue weighted by molar-refractivity contribution is -0.137. The molecule has 4 rings (SSSR count). The van der Waals surface area contributed by atoms with Crippen molar-refractivity contribution in [2.75, 3.05) is 7.05 Å². The van der Waals surface area contributed by atoms with Gasteiger partial charge in [-0.1, -0.05) is 0 Å². The molecule has 0 radical (unpaired) electrons. The van der Waals surface area contributed by atoms with E-state index in [2.05, 4.69) is 20.4 Å². The van der Waals surface area contributed by atoms with E-state index in [0.29, 0.717) is 24.0 Å². The number of carbonyl (C=O) groups excluding carboxylic acids is 1. The van der Waals surface area contributed by atoms with Gasteiger partial charge in [-0.2, -0.15) is 5.10 Å². The van der Waals surface area contributed by atoms with Crippen LogP contribution >= 0.6 is 0 Å². The molecule has 21 heavy (non-hydrogen) atoms. The second-order valence-corrected chi connectivity index (χ2v) is 7.03. The van der Waals surface area contributed by atoms with E-state index in [1.165, 1.54) is 24.1 Å². The first-order valence-corrected chi connectivity index (χ1v) is 8.24. The minimum absolute atomic E-state index is 0.135. The number of amides is 1. The van der Waals surface area contributed by atoms with Crippen LogP contribution in [0.5, 0.6) is 0 Å². The maximum atomic E-state index is 12.8. The fourth-order valence-electron chi connectivity index (χ4n) is 4.43. The van der Waals surface area contributed by atoms with Gasteiger partial charge in [0.25, 0.3) is 0 Å². The van der Waals surface area contributed by atoms with Crippen LogP contribution in [-0.2, 0) is 17.6 Å². The highest BCUT2D eigenvalue weighted by Gasteiger charge is 2.38. The van der Waals surface area contributed by atoms with E-state index >= 15 is 0 Å². The van der Waals surface area contributed by atoms with Gasteiger partial charge in [0.2, 0.25) is 5.91 Å². The van der Waals surface area contributed by atoms with Crippen LogP contribution in [0.25, 0.3) is 0 Å². The highest BCUT2D eigenvalue weighted by molar-refractivity contribution is 5.79. The monoisotopic (exact) mass is 288 g/mol. The van der Waals surface area contributed by atoms with Crippen LogP contribution in [0.2, 0.25) is 0 Å². The van der Waals surface area contributed by atoms with Crippen LogP contribution in [0.3, 0.4) is 0 Å². The highest BCUT2D eigenvalue weighted by Crippen LogP contribution is 2.31. The summed E-state index contributed by atoms with van der Waals surface area (Å²) in [4.78, 5) is 14.9. The third-order valence-electron chi connectivity index (χ3n) is 5.71. The summed E-state index contributed by atoms with van der Waals surface area (Å²) < 4.78 is 0. The van der Waals surface area contributed by atoms with Crippen LogP contribution in [0.4, 0.5) is 0 Å². The standard InChI is InChI=1S/C16H24N4O/c1-20(14-7-12-4-5-13(8-14)18-12)16(21)10-2-3-11-9-17-19-15(11)6-10/h9-10,12-14,18H,2-8H2,1H3,(H,17,19). The number of nitrogens with zero attached hydrogens (tertiary/aromatic N) is 2. The Morgan fingerprint density at radius 3 is 2.81 bits per heavy atom. The molecular weight excluding hydrogens is 264 g/mol. The number of hydrogen-bond acceptors (Lipinski definition) is 3. The summed E-state index contributed by atoms with van der Waals surface area (Å²) in [6.07, 6.45) is 9.50. The largest absolute Gasteiger partial charge is 0.342 e. The lowest BCUT2D eigenvalue weighted by atomic mass is 9.86. The van der Waals surface area contributed by atoms with Crippen molar-refractivity contribution in [3.8, 4) is 0 Å². The van der Waals surface area contributed by atoms with Gasteiger partial charge in [0, 0.05) is 43.2 Å². The zero-order valence-electron chi connectivity index (χ0n) is 12.6. The van der Waals surface area contributed by atoms with Gasteiger partial charge < -0.3 is 10.2 Å². The average molecular weight is 288 g/mol. The number of hydrogen-bond donors (Lipinski definition) is 2. The molecule has 2 aliphatic heterocycles. The second kappa shape index (κ2) is 5.13. The first-order chi connectivity index (χ1) is 10.2. The normalized spacial score (nSPS) is 34.5. The molecule has 2 saturated heterocycles. The van der Waals surface area contributed by atoms with Crippen molar-refractivity contribution in [3.63, 3.8) is 0 Å². The average Bonchev–Trinajstić information content (AvgIpc) is 3.11. The molecule has 3 atom stereocenters. The van der Waals surface area contributed by atoms with Crippen molar-refractivity contribution in [3.05, 3.63) is 17.5 Å². The molecule has 5 nitrogen and oxygen atoms in total. The van der Waals surface area contributed by atoms with Crippen molar-refractivity contribution in [2.24, 2.45) is 5.92 Å². The van der Waals surface area contributed by atoms with Crippen molar-refractivity contribution in [1.29, 1.82) is 0 Å². The fraction of sp³-hybridized carbons (Fsp3) is 0.750. The van der Waals surface area contributed by atoms with Gasteiger partial charge in [-0.3, -0.25) is 9.89 Å². The fourth-order valence-corrected chi connectivity index (χ4v) is 4.43. The molecule has 3 unspecified atom stereocenters. The lowest BCUT2D eigenvalue weighted by Gasteiger charge is -2.37. The predicted octanol–water partition coefficient (Wildman–Crippen LogP) is 1.26. The maximum Gasteiger partial charge on any atom is 0.226 e. The van der Waals surface area contributed by atoms with E-state index in [4.69, 9.17) is 0 Å². The van der Waals surface area contributed by atoms with Gasteiger partial charge in [0.15, 0.2) is 0 Å². The van der Waals surface area contributed by atoms with Crippen LogP contribution in [-0.4, -0.2) is 46.2 Å². The molecular formula is C16H24N4O. The molecule has 5 heteroatoms. The number of fused-ring (bicyclic) bond motifs is 3. The summed E-state index contributed by atoms with van der Waals surface area (Å²) in [6, 6.07) is 1.70. The number of rotatable bonds is 2. The predicted molar refractivity (Wildman–Crippen MR) is 79.8 cm³/mol. The summed E-state index contributed by atoms with van der Waals surface area (Å²) in [5.74, 6) is 0.469. The Bertz CT molecular complexity index is 528. The molecule has 2 N–H and O–H groups in total. The molecule has 1 amide bonds. The third-order valence-corrected chi connectivity index (χ3v) is 5.71. The Labute approximate surface area is 125 Å². The zero-order valence-corrected chi connectivity index (χ0v) is 12.6. The molecule has 3 aliphatic rings. The summed E-state index contributed by atoms with van der Waals surface area (Å²) in [7, 11) is 2.01. The quantitative estimate of drug-likeness (QED) is 0.861. The van der Waals surface area contributed by atoms with Crippen molar-refractivity contribution < 1.29 is 4.79 Å². The SMILES string of the molecule is CN(C(=O)C1CCc2cn[nH]c2C1)C1CC2CCC(C1)N2. The Morgan fingerprint density at radius 1 is 1.29 bits per heavy atom. The van der Waals surface area contributed by atoms with Gasteiger partial charge in [0.05, 0.1) is 6.20 Å². The molecule has 2 bridgehead atoms. The Morgan fingerprint density at radius 2 is 2.05 bits per heavy atom. The molecule has 0 aromatic carbocycles. The molecule has 0 saturated carbocycles. The Balaban J connectivity index is 1.43. The van der Waals surface area contributed by atoms with Gasteiger partial charge in [-0.05, 0) is 44.1 Å². The van der Waals surface area contributed by atoms with E-state index in [1.54, 1.807) is 0 Å². The van der Waals surface area contributed by atoms with Gasteiger partial charge >= 0.3 is 0 Å². The molecule has 0 spiro atoms. The number of carbonyl (C=O) groups is 1. The van der Waals surface area contributed by atoms with Gasteiger partial charge in [-0.15, -0.1) is 0 Å². The number of aromatic nitrogens is 2. The van der Waals surface area contributed by atoms with Crippen molar-refractivity contribution in [2.45, 2.75) is 63.1 Å².